The second-order valence-corrected chi connectivity index (χ2v) is 6.60. The Kier molecular flexibility index (Phi) is 5.50. The smallest absolute Gasteiger partial charge is 0.393 e. The summed E-state index contributed by atoms with van der Waals surface area (Å²) < 4.78 is 90.0. The fourth-order valence-electron chi connectivity index (χ4n) is 2.55. The first kappa shape index (κ1) is 19.7. The van der Waals surface area contributed by atoms with Crippen molar-refractivity contribution in [1.82, 2.24) is 0 Å². The third-order valence-electron chi connectivity index (χ3n) is 3.66. The third kappa shape index (κ3) is 4.74. The minimum absolute atomic E-state index is 0.0175. The molecule has 25 heavy (non-hydrogen) atoms. The molecule has 0 amide bonds. The lowest BCUT2D eigenvalue weighted by Gasteiger charge is -2.24. The van der Waals surface area contributed by atoms with Crippen LogP contribution in [0.4, 0.5) is 36.4 Å². The van der Waals surface area contributed by atoms with Crippen LogP contribution in [0.15, 0.2) is 28.4 Å². The predicted molar refractivity (Wildman–Crippen MR) is 81.8 cm³/mol. The van der Waals surface area contributed by atoms with Gasteiger partial charge in [0.1, 0.15) is 11.5 Å². The molecule has 1 heterocycles. The van der Waals surface area contributed by atoms with Crippen molar-refractivity contribution in [1.29, 1.82) is 0 Å². The van der Waals surface area contributed by atoms with Gasteiger partial charge in [-0.1, -0.05) is 0 Å². The first-order valence-corrected chi connectivity index (χ1v) is 8.22. The van der Waals surface area contributed by atoms with E-state index in [-0.39, 0.29) is 34.8 Å². The summed E-state index contributed by atoms with van der Waals surface area (Å²) in [6, 6.07) is 2.17. The van der Waals surface area contributed by atoms with Gasteiger partial charge in [0.05, 0.1) is 11.4 Å². The van der Waals surface area contributed by atoms with Gasteiger partial charge in [-0.15, -0.1) is 11.8 Å². The van der Waals surface area contributed by atoms with Crippen molar-refractivity contribution in [2.45, 2.75) is 37.0 Å². The highest BCUT2D eigenvalue weighted by Crippen LogP contribution is 2.39. The van der Waals surface area contributed by atoms with Crippen molar-refractivity contribution in [2.24, 2.45) is 5.73 Å². The molecule has 0 aliphatic carbocycles. The van der Waals surface area contributed by atoms with Crippen LogP contribution in [-0.4, -0.2) is 24.7 Å². The Morgan fingerprint density at radius 1 is 1.20 bits per heavy atom. The number of alkyl halides is 6. The number of anilines is 1. The van der Waals surface area contributed by atoms with Crippen LogP contribution in [0.1, 0.15) is 18.4 Å². The number of allylic oxidation sites excluding steroid dienone is 2. The van der Waals surface area contributed by atoms with Gasteiger partial charge < -0.3 is 10.6 Å². The van der Waals surface area contributed by atoms with E-state index in [1.54, 1.807) is 0 Å². The van der Waals surface area contributed by atoms with Crippen molar-refractivity contribution in [3.8, 4) is 0 Å². The van der Waals surface area contributed by atoms with E-state index in [1.807, 2.05) is 0 Å². The summed E-state index contributed by atoms with van der Waals surface area (Å²) in [6.07, 6.45) is -8.81. The van der Waals surface area contributed by atoms with E-state index in [1.165, 1.54) is 6.92 Å². The molecular formula is C15H15F7N2S. The second kappa shape index (κ2) is 6.97. The summed E-state index contributed by atoms with van der Waals surface area (Å²) >= 11 is 0.463. The van der Waals surface area contributed by atoms with Gasteiger partial charge in [-0.2, -0.15) is 26.3 Å². The van der Waals surface area contributed by atoms with Gasteiger partial charge in [0, 0.05) is 17.1 Å². The third-order valence-corrected chi connectivity index (χ3v) is 4.89. The van der Waals surface area contributed by atoms with Gasteiger partial charge in [-0.3, -0.25) is 0 Å². The molecule has 1 aliphatic heterocycles. The van der Waals surface area contributed by atoms with Crippen molar-refractivity contribution in [2.75, 3.05) is 17.2 Å². The van der Waals surface area contributed by atoms with E-state index in [0.29, 0.717) is 18.2 Å². The number of benzene rings is 1. The van der Waals surface area contributed by atoms with Crippen molar-refractivity contribution in [3.05, 3.63) is 34.9 Å². The molecule has 0 saturated carbocycles. The van der Waals surface area contributed by atoms with Crippen molar-refractivity contribution >= 4 is 17.4 Å². The Bertz CT molecular complexity index is 680. The van der Waals surface area contributed by atoms with Gasteiger partial charge in [-0.25, -0.2) is 4.39 Å². The highest BCUT2D eigenvalue weighted by atomic mass is 32.2. The molecule has 1 fully saturated rings. The summed E-state index contributed by atoms with van der Waals surface area (Å²) in [4.78, 5) is 1.25. The zero-order chi connectivity index (χ0) is 19.0. The van der Waals surface area contributed by atoms with E-state index in [2.05, 4.69) is 0 Å². The van der Waals surface area contributed by atoms with Gasteiger partial charge >= 0.3 is 12.4 Å². The van der Waals surface area contributed by atoms with Crippen LogP contribution in [0.2, 0.25) is 0 Å². The van der Waals surface area contributed by atoms with Crippen molar-refractivity contribution < 1.29 is 30.7 Å². The van der Waals surface area contributed by atoms with Gasteiger partial charge in [0.2, 0.25) is 0 Å². The highest BCUT2D eigenvalue weighted by molar-refractivity contribution is 7.99. The van der Waals surface area contributed by atoms with Crippen molar-refractivity contribution in [3.63, 3.8) is 0 Å². The Labute approximate surface area is 143 Å². The Balaban J connectivity index is 2.41. The van der Waals surface area contributed by atoms with E-state index in [0.717, 1.165) is 17.0 Å². The van der Waals surface area contributed by atoms with Gasteiger partial charge in [0.15, 0.2) is 0 Å². The Hall–Kier alpha value is -1.58. The molecule has 2 N–H and O–H groups in total. The van der Waals surface area contributed by atoms with Crippen LogP contribution < -0.4 is 10.6 Å². The molecule has 0 radical (unpaired) electrons. The molecule has 2 rings (SSSR count). The zero-order valence-corrected chi connectivity index (χ0v) is 13.9. The standard InChI is InChI=1S/C15H15F7N2S/c1-8-5-9(16)11(6-12(8)25-7-14(17,18)19)24-4-2-3-10(24)13(23)15(20,21)22/h5-6H,2-4,7,23H2,1H3. The molecule has 1 saturated heterocycles. The summed E-state index contributed by atoms with van der Waals surface area (Å²) in [5.74, 6) is -1.98. The average molecular weight is 388 g/mol. The maximum atomic E-state index is 14.3. The molecule has 1 aliphatic rings. The van der Waals surface area contributed by atoms with E-state index in [9.17, 15) is 30.7 Å². The summed E-state index contributed by atoms with van der Waals surface area (Å²) in [7, 11) is 0. The Morgan fingerprint density at radius 3 is 2.40 bits per heavy atom. The van der Waals surface area contributed by atoms with Crippen LogP contribution in [0.3, 0.4) is 0 Å². The lowest BCUT2D eigenvalue weighted by Crippen LogP contribution is -2.28. The number of nitrogens with zero attached hydrogens (tertiary/aromatic N) is 1. The minimum Gasteiger partial charge on any atom is -0.393 e. The fourth-order valence-corrected chi connectivity index (χ4v) is 3.35. The molecule has 0 spiro atoms. The first-order chi connectivity index (χ1) is 11.4. The maximum absolute atomic E-state index is 14.3. The minimum atomic E-state index is -4.76. The SMILES string of the molecule is Cc1cc(F)c(N2CCCC2=C(N)C(F)(F)F)cc1SCC(F)(F)F. The molecule has 10 heteroatoms. The summed E-state index contributed by atoms with van der Waals surface area (Å²) in [5.41, 5.74) is 3.66. The molecule has 1 aromatic carbocycles. The van der Waals surface area contributed by atoms with Crippen LogP contribution in [0.5, 0.6) is 0 Å². The lowest BCUT2D eigenvalue weighted by atomic mass is 10.2. The van der Waals surface area contributed by atoms with E-state index in [4.69, 9.17) is 5.73 Å². The summed E-state index contributed by atoms with van der Waals surface area (Å²) in [5, 5.41) is 0. The monoisotopic (exact) mass is 388 g/mol. The van der Waals surface area contributed by atoms with Gasteiger partial charge in [0.25, 0.3) is 0 Å². The number of aryl methyl sites for hydroxylation is 1. The topological polar surface area (TPSA) is 29.3 Å². The number of halogens is 7. The quantitative estimate of drug-likeness (QED) is 0.576. The number of thioether (sulfide) groups is 1. The highest BCUT2D eigenvalue weighted by Gasteiger charge is 2.38. The van der Waals surface area contributed by atoms with E-state index >= 15 is 0 Å². The molecule has 1 aromatic rings. The molecular weight excluding hydrogens is 373 g/mol. The molecule has 0 bridgehead atoms. The molecule has 0 unspecified atom stereocenters. The van der Waals surface area contributed by atoms with Crippen LogP contribution in [0, 0.1) is 12.7 Å². The lowest BCUT2D eigenvalue weighted by molar-refractivity contribution is -0.105. The van der Waals surface area contributed by atoms with Crippen LogP contribution >= 0.6 is 11.8 Å². The number of hydrogen-bond acceptors (Lipinski definition) is 3. The maximum Gasteiger partial charge on any atom is 0.432 e. The zero-order valence-electron chi connectivity index (χ0n) is 13.1. The number of nitrogens with two attached hydrogens (primary N) is 1. The predicted octanol–water partition coefficient (Wildman–Crippen LogP) is 5.12. The Morgan fingerprint density at radius 2 is 1.84 bits per heavy atom. The molecule has 2 nitrogen and oxygen atoms in total. The largest absolute Gasteiger partial charge is 0.432 e. The van der Waals surface area contributed by atoms with Crippen LogP contribution in [0.25, 0.3) is 0 Å². The normalized spacial score (nSPS) is 18.0. The average Bonchev–Trinajstić information content (AvgIpc) is 2.92. The molecule has 140 valence electrons. The molecule has 0 aromatic heterocycles. The fraction of sp³-hybridized carbons (Fsp3) is 0.467. The summed E-state index contributed by atoms with van der Waals surface area (Å²) in [6.45, 7) is 1.55. The molecule has 0 atom stereocenters. The van der Waals surface area contributed by atoms with E-state index < -0.39 is 29.6 Å². The van der Waals surface area contributed by atoms with Crippen LogP contribution in [-0.2, 0) is 0 Å². The first-order valence-electron chi connectivity index (χ1n) is 7.23. The van der Waals surface area contributed by atoms with Gasteiger partial charge in [-0.05, 0) is 37.5 Å². The number of hydrogen-bond donors (Lipinski definition) is 1. The second-order valence-electron chi connectivity index (χ2n) is 5.59. The number of rotatable bonds is 3.